The van der Waals surface area contributed by atoms with Crippen molar-refractivity contribution in [3.63, 3.8) is 0 Å². The Morgan fingerprint density at radius 2 is 2.17 bits per heavy atom. The normalized spacial score (nSPS) is 11.1. The number of amides is 1. The summed E-state index contributed by atoms with van der Waals surface area (Å²) in [4.78, 5) is 25.8. The van der Waals surface area contributed by atoms with Crippen LogP contribution in [0.5, 0.6) is 5.88 Å². The lowest BCUT2D eigenvalue weighted by atomic mass is 10.2. The lowest BCUT2D eigenvalue weighted by Crippen LogP contribution is -2.28. The Labute approximate surface area is 173 Å². The van der Waals surface area contributed by atoms with Crippen LogP contribution < -0.4 is 15.4 Å². The first-order chi connectivity index (χ1) is 14.0. The Morgan fingerprint density at radius 1 is 1.34 bits per heavy atom. The zero-order chi connectivity index (χ0) is 20.8. The summed E-state index contributed by atoms with van der Waals surface area (Å²) in [5, 5.41) is 12.2. The maximum Gasteiger partial charge on any atom is 0.256 e. The number of rotatable bonds is 9. The van der Waals surface area contributed by atoms with Crippen LogP contribution in [0.1, 0.15) is 31.1 Å². The number of nitrogens with zero attached hydrogens (tertiary/aromatic N) is 5. The molecule has 2 N–H and O–H groups in total. The van der Waals surface area contributed by atoms with Gasteiger partial charge in [-0.3, -0.25) is 4.79 Å². The van der Waals surface area contributed by atoms with Gasteiger partial charge in [0.1, 0.15) is 11.4 Å². The topological polar surface area (TPSA) is 107 Å². The first-order valence-electron chi connectivity index (χ1n) is 9.43. The second-order valence-corrected chi connectivity index (χ2v) is 7.28. The summed E-state index contributed by atoms with van der Waals surface area (Å²) in [7, 11) is 0. The summed E-state index contributed by atoms with van der Waals surface area (Å²) in [5.74, 6) is 0.861. The number of ether oxygens (including phenoxy) is 1. The molecule has 0 saturated heterocycles. The van der Waals surface area contributed by atoms with Crippen LogP contribution in [0.15, 0.2) is 29.7 Å². The Hall–Kier alpha value is -2.88. The Kier molecular flexibility index (Phi) is 6.86. The van der Waals surface area contributed by atoms with Crippen LogP contribution in [-0.4, -0.2) is 56.1 Å². The van der Waals surface area contributed by atoms with Crippen LogP contribution in [0.4, 0.5) is 5.82 Å². The molecule has 3 rings (SSSR count). The molecule has 0 fully saturated rings. The van der Waals surface area contributed by atoms with Gasteiger partial charge in [0, 0.05) is 18.8 Å². The third-order valence-electron chi connectivity index (χ3n) is 3.99. The van der Waals surface area contributed by atoms with Crippen molar-refractivity contribution in [2.45, 2.75) is 38.5 Å². The zero-order valence-electron chi connectivity index (χ0n) is 17.0. The molecule has 3 heterocycles. The highest BCUT2D eigenvalue weighted by atomic mass is 32.2. The molecular formula is C19H25N7O2S. The van der Waals surface area contributed by atoms with Crippen molar-refractivity contribution in [3.05, 3.63) is 30.1 Å². The molecule has 3 aromatic rings. The van der Waals surface area contributed by atoms with Gasteiger partial charge in [-0.25, -0.2) is 19.6 Å². The van der Waals surface area contributed by atoms with Gasteiger partial charge in [0.15, 0.2) is 10.8 Å². The smallest absolute Gasteiger partial charge is 0.256 e. The number of pyridine rings is 1. The predicted octanol–water partition coefficient (Wildman–Crippen LogP) is 2.59. The van der Waals surface area contributed by atoms with Crippen molar-refractivity contribution in [1.82, 2.24) is 30.0 Å². The standard InChI is InChI=1S/C19H25N7O2S/c1-5-28-18-13(7-6-8-21-18)17(27)20-9-10-26-16-14(11-22-26)15(23-12(2)3)24-19(25-16)29-4/h6-8,11-12H,5,9-10H2,1-4H3,(H,20,27)(H,23,24,25). The number of thioether (sulfide) groups is 1. The van der Waals surface area contributed by atoms with Crippen LogP contribution >= 0.6 is 11.8 Å². The molecule has 0 atom stereocenters. The van der Waals surface area contributed by atoms with E-state index in [1.54, 1.807) is 29.2 Å². The van der Waals surface area contributed by atoms with Gasteiger partial charge in [-0.1, -0.05) is 11.8 Å². The van der Waals surface area contributed by atoms with E-state index in [1.807, 2.05) is 13.2 Å². The molecule has 0 aliphatic rings. The number of aromatic nitrogens is 5. The van der Waals surface area contributed by atoms with Gasteiger partial charge in [-0.05, 0) is 39.2 Å². The summed E-state index contributed by atoms with van der Waals surface area (Å²) in [6, 6.07) is 3.64. The SMILES string of the molecule is CCOc1ncccc1C(=O)NCCn1ncc2c(NC(C)C)nc(SC)nc21. The Balaban J connectivity index is 1.73. The molecular weight excluding hydrogens is 390 g/mol. The summed E-state index contributed by atoms with van der Waals surface area (Å²) in [6.07, 6.45) is 5.29. The summed E-state index contributed by atoms with van der Waals surface area (Å²) >= 11 is 1.48. The second kappa shape index (κ2) is 9.55. The number of anilines is 1. The molecule has 154 valence electrons. The van der Waals surface area contributed by atoms with Crippen LogP contribution in [0, 0.1) is 0 Å². The summed E-state index contributed by atoms with van der Waals surface area (Å²) in [6.45, 7) is 7.28. The maximum atomic E-state index is 12.5. The molecule has 0 saturated carbocycles. The van der Waals surface area contributed by atoms with E-state index in [2.05, 4.69) is 44.5 Å². The van der Waals surface area contributed by atoms with Crippen molar-refractivity contribution in [1.29, 1.82) is 0 Å². The molecule has 0 spiro atoms. The quantitative estimate of drug-likeness (QED) is 0.406. The summed E-state index contributed by atoms with van der Waals surface area (Å²) in [5.41, 5.74) is 1.15. The number of carbonyl (C=O) groups excluding carboxylic acids is 1. The van der Waals surface area contributed by atoms with E-state index < -0.39 is 0 Å². The molecule has 0 aliphatic carbocycles. The first kappa shape index (κ1) is 20.8. The van der Waals surface area contributed by atoms with Crippen molar-refractivity contribution in [2.75, 3.05) is 24.7 Å². The third-order valence-corrected chi connectivity index (χ3v) is 4.54. The van der Waals surface area contributed by atoms with Crippen molar-refractivity contribution in [2.24, 2.45) is 0 Å². The van der Waals surface area contributed by atoms with Gasteiger partial charge >= 0.3 is 0 Å². The molecule has 0 radical (unpaired) electrons. The fourth-order valence-corrected chi connectivity index (χ4v) is 3.12. The number of hydrogen-bond donors (Lipinski definition) is 2. The monoisotopic (exact) mass is 415 g/mol. The van der Waals surface area contributed by atoms with Gasteiger partial charge < -0.3 is 15.4 Å². The molecule has 0 unspecified atom stereocenters. The highest BCUT2D eigenvalue weighted by molar-refractivity contribution is 7.98. The zero-order valence-corrected chi connectivity index (χ0v) is 17.8. The third kappa shape index (κ3) is 4.94. The van der Waals surface area contributed by atoms with E-state index in [0.29, 0.717) is 36.3 Å². The average molecular weight is 416 g/mol. The summed E-state index contributed by atoms with van der Waals surface area (Å²) < 4.78 is 7.20. The van der Waals surface area contributed by atoms with Crippen molar-refractivity contribution in [3.8, 4) is 5.88 Å². The second-order valence-electron chi connectivity index (χ2n) is 6.51. The fraction of sp³-hybridized carbons (Fsp3) is 0.421. The van der Waals surface area contributed by atoms with E-state index in [0.717, 1.165) is 16.9 Å². The van der Waals surface area contributed by atoms with E-state index in [4.69, 9.17) is 4.74 Å². The molecule has 29 heavy (non-hydrogen) atoms. The molecule has 3 aromatic heterocycles. The average Bonchev–Trinajstić information content (AvgIpc) is 3.11. The lowest BCUT2D eigenvalue weighted by molar-refractivity contribution is 0.0947. The van der Waals surface area contributed by atoms with Crippen molar-refractivity contribution < 1.29 is 9.53 Å². The van der Waals surface area contributed by atoms with Gasteiger partial charge in [0.2, 0.25) is 5.88 Å². The van der Waals surface area contributed by atoms with E-state index >= 15 is 0 Å². The van der Waals surface area contributed by atoms with E-state index in [-0.39, 0.29) is 11.9 Å². The molecule has 9 nitrogen and oxygen atoms in total. The highest BCUT2D eigenvalue weighted by Gasteiger charge is 2.15. The molecule has 0 aromatic carbocycles. The Bertz CT molecular complexity index is 990. The molecule has 10 heteroatoms. The van der Waals surface area contributed by atoms with Crippen molar-refractivity contribution >= 4 is 34.5 Å². The first-order valence-corrected chi connectivity index (χ1v) is 10.7. The number of nitrogens with one attached hydrogen (secondary N) is 2. The Morgan fingerprint density at radius 3 is 2.90 bits per heavy atom. The van der Waals surface area contributed by atoms with Gasteiger partial charge in [-0.15, -0.1) is 0 Å². The number of carbonyl (C=O) groups is 1. The van der Waals surface area contributed by atoms with Crippen LogP contribution in [-0.2, 0) is 6.54 Å². The molecule has 1 amide bonds. The largest absolute Gasteiger partial charge is 0.477 e. The minimum Gasteiger partial charge on any atom is -0.477 e. The van der Waals surface area contributed by atoms with E-state index in [9.17, 15) is 4.79 Å². The van der Waals surface area contributed by atoms with Crippen LogP contribution in [0.3, 0.4) is 0 Å². The number of hydrogen-bond acceptors (Lipinski definition) is 8. The molecule has 0 bridgehead atoms. The van der Waals surface area contributed by atoms with Crippen LogP contribution in [0.25, 0.3) is 11.0 Å². The molecule has 0 aliphatic heterocycles. The lowest BCUT2D eigenvalue weighted by Gasteiger charge is -2.12. The van der Waals surface area contributed by atoms with Crippen LogP contribution in [0.2, 0.25) is 0 Å². The number of fused-ring (bicyclic) bond motifs is 1. The minimum atomic E-state index is -0.236. The predicted molar refractivity (Wildman–Crippen MR) is 114 cm³/mol. The highest BCUT2D eigenvalue weighted by Crippen LogP contribution is 2.24. The van der Waals surface area contributed by atoms with Gasteiger partial charge in [-0.2, -0.15) is 5.10 Å². The van der Waals surface area contributed by atoms with E-state index in [1.165, 1.54) is 11.8 Å². The minimum absolute atomic E-state index is 0.236. The maximum absolute atomic E-state index is 12.5. The fourth-order valence-electron chi connectivity index (χ4n) is 2.76. The van der Waals surface area contributed by atoms with Gasteiger partial charge in [0.25, 0.3) is 5.91 Å². The van der Waals surface area contributed by atoms with Gasteiger partial charge in [0.05, 0.1) is 24.7 Å².